The van der Waals surface area contributed by atoms with Crippen LogP contribution in [-0.2, 0) is 11.2 Å². The summed E-state index contributed by atoms with van der Waals surface area (Å²) in [6.07, 6.45) is 0.325. The summed E-state index contributed by atoms with van der Waals surface area (Å²) in [7, 11) is 3.96. The summed E-state index contributed by atoms with van der Waals surface area (Å²) in [6, 6.07) is 7.60. The Hall–Kier alpha value is -2.37. The molecule has 1 aromatic heterocycles. The fourth-order valence-corrected chi connectivity index (χ4v) is 1.94. The first kappa shape index (κ1) is 15.0. The van der Waals surface area contributed by atoms with Crippen molar-refractivity contribution in [1.29, 1.82) is 0 Å². The van der Waals surface area contributed by atoms with Gasteiger partial charge in [0.15, 0.2) is 0 Å². The molecule has 6 heteroatoms. The van der Waals surface area contributed by atoms with Gasteiger partial charge in [-0.3, -0.25) is 4.79 Å². The lowest BCUT2D eigenvalue weighted by Gasteiger charge is -2.13. The maximum atomic E-state index is 12.0. The molecule has 112 valence electrons. The molecule has 1 N–H and O–H groups in total. The van der Waals surface area contributed by atoms with E-state index in [-0.39, 0.29) is 11.9 Å². The first-order valence-electron chi connectivity index (χ1n) is 6.81. The molecule has 1 aromatic carbocycles. The number of carbonyl (C=O) groups is 1. The number of benzene rings is 1. The van der Waals surface area contributed by atoms with E-state index in [1.54, 1.807) is 6.92 Å². The highest BCUT2D eigenvalue weighted by molar-refractivity contribution is 5.79. The monoisotopic (exact) mass is 288 g/mol. The van der Waals surface area contributed by atoms with Crippen molar-refractivity contribution in [2.45, 2.75) is 26.3 Å². The van der Waals surface area contributed by atoms with Crippen LogP contribution in [0.3, 0.4) is 0 Å². The minimum atomic E-state index is -0.292. The number of carbonyl (C=O) groups excluding carboxylic acids is 1. The predicted octanol–water partition coefficient (Wildman–Crippen LogP) is 1.86. The van der Waals surface area contributed by atoms with Crippen molar-refractivity contribution in [2.75, 3.05) is 19.0 Å². The van der Waals surface area contributed by atoms with Crippen LogP contribution in [0.15, 0.2) is 28.7 Å². The van der Waals surface area contributed by atoms with E-state index in [2.05, 4.69) is 15.5 Å². The lowest BCUT2D eigenvalue weighted by Crippen LogP contribution is -2.28. The maximum absolute atomic E-state index is 12.0. The second-order valence-electron chi connectivity index (χ2n) is 5.19. The van der Waals surface area contributed by atoms with Crippen LogP contribution in [0.1, 0.15) is 30.3 Å². The molecule has 0 aliphatic rings. The van der Waals surface area contributed by atoms with Crippen LogP contribution in [-0.4, -0.2) is 30.2 Å². The Morgan fingerprint density at radius 3 is 2.48 bits per heavy atom. The first-order chi connectivity index (χ1) is 9.95. The molecule has 0 saturated carbocycles. The van der Waals surface area contributed by atoms with Gasteiger partial charge in [-0.25, -0.2) is 0 Å². The number of rotatable bonds is 5. The molecule has 2 aromatic rings. The Kier molecular flexibility index (Phi) is 4.57. The minimum absolute atomic E-state index is 0.0732. The second kappa shape index (κ2) is 6.39. The van der Waals surface area contributed by atoms with Gasteiger partial charge in [0, 0.05) is 26.7 Å². The first-order valence-corrected chi connectivity index (χ1v) is 6.81. The topological polar surface area (TPSA) is 71.3 Å². The fraction of sp³-hybridized carbons (Fsp3) is 0.400. The van der Waals surface area contributed by atoms with Gasteiger partial charge in [-0.1, -0.05) is 12.1 Å². The molecule has 1 heterocycles. The molecule has 6 nitrogen and oxygen atoms in total. The van der Waals surface area contributed by atoms with Crippen LogP contribution in [0.2, 0.25) is 0 Å². The number of aryl methyl sites for hydroxylation is 1. The van der Waals surface area contributed by atoms with E-state index >= 15 is 0 Å². The predicted molar refractivity (Wildman–Crippen MR) is 80.1 cm³/mol. The molecule has 0 spiro atoms. The van der Waals surface area contributed by atoms with Crippen LogP contribution >= 0.6 is 0 Å². The molecular formula is C15H20N4O2. The third kappa shape index (κ3) is 4.05. The van der Waals surface area contributed by atoms with E-state index in [1.165, 1.54) is 0 Å². The van der Waals surface area contributed by atoms with Crippen molar-refractivity contribution < 1.29 is 9.21 Å². The lowest BCUT2D eigenvalue weighted by molar-refractivity contribution is -0.121. The fourth-order valence-electron chi connectivity index (χ4n) is 1.94. The van der Waals surface area contributed by atoms with Crippen LogP contribution in [0, 0.1) is 6.92 Å². The van der Waals surface area contributed by atoms with E-state index in [0.717, 1.165) is 11.3 Å². The Morgan fingerprint density at radius 2 is 1.95 bits per heavy atom. The standard InChI is InChI=1S/C15H20N4O2/c1-10(15-18-17-11(2)21-15)16-14(20)9-12-5-7-13(8-6-12)19(3)4/h5-8,10H,9H2,1-4H3,(H,16,20)/t10-/m1/s1. The van der Waals surface area contributed by atoms with E-state index in [1.807, 2.05) is 50.2 Å². The summed E-state index contributed by atoms with van der Waals surface area (Å²) < 4.78 is 5.30. The molecule has 0 saturated heterocycles. The van der Waals surface area contributed by atoms with E-state index in [0.29, 0.717) is 18.2 Å². The van der Waals surface area contributed by atoms with E-state index in [4.69, 9.17) is 4.42 Å². The SMILES string of the molecule is Cc1nnc([C@@H](C)NC(=O)Cc2ccc(N(C)C)cc2)o1. The largest absolute Gasteiger partial charge is 0.423 e. The van der Waals surface area contributed by atoms with Gasteiger partial charge in [0.2, 0.25) is 17.7 Å². The summed E-state index contributed by atoms with van der Waals surface area (Å²) in [5, 5.41) is 10.5. The molecule has 1 amide bonds. The molecule has 0 radical (unpaired) electrons. The number of nitrogens with one attached hydrogen (secondary N) is 1. The zero-order chi connectivity index (χ0) is 15.4. The molecule has 21 heavy (non-hydrogen) atoms. The average molecular weight is 288 g/mol. The van der Waals surface area contributed by atoms with Crippen molar-refractivity contribution in [3.05, 3.63) is 41.6 Å². The van der Waals surface area contributed by atoms with Crippen molar-refractivity contribution in [1.82, 2.24) is 15.5 Å². The van der Waals surface area contributed by atoms with Gasteiger partial charge in [0.1, 0.15) is 6.04 Å². The Labute approximate surface area is 124 Å². The summed E-state index contributed by atoms with van der Waals surface area (Å²) in [4.78, 5) is 14.0. The Bertz CT molecular complexity index is 604. The summed E-state index contributed by atoms with van der Waals surface area (Å²) in [6.45, 7) is 3.54. The summed E-state index contributed by atoms with van der Waals surface area (Å²) >= 11 is 0. The van der Waals surface area contributed by atoms with Crippen LogP contribution in [0.4, 0.5) is 5.69 Å². The number of hydrogen-bond donors (Lipinski definition) is 1. The van der Waals surface area contributed by atoms with Gasteiger partial charge in [-0.05, 0) is 24.6 Å². The third-order valence-corrected chi connectivity index (χ3v) is 3.11. The molecule has 0 aliphatic heterocycles. The summed E-state index contributed by atoms with van der Waals surface area (Å²) in [5.41, 5.74) is 2.07. The van der Waals surface area contributed by atoms with Crippen molar-refractivity contribution in [2.24, 2.45) is 0 Å². The second-order valence-corrected chi connectivity index (χ2v) is 5.19. The Morgan fingerprint density at radius 1 is 1.29 bits per heavy atom. The highest BCUT2D eigenvalue weighted by Gasteiger charge is 2.15. The number of aromatic nitrogens is 2. The van der Waals surface area contributed by atoms with Gasteiger partial charge in [-0.2, -0.15) is 0 Å². The molecule has 0 aliphatic carbocycles. The van der Waals surface area contributed by atoms with Gasteiger partial charge in [0.05, 0.1) is 6.42 Å². The molecule has 0 unspecified atom stereocenters. The zero-order valence-corrected chi connectivity index (χ0v) is 12.8. The van der Waals surface area contributed by atoms with Gasteiger partial charge in [-0.15, -0.1) is 10.2 Å². The molecule has 1 atom stereocenters. The highest BCUT2D eigenvalue weighted by atomic mass is 16.4. The molecule has 0 bridgehead atoms. The van der Waals surface area contributed by atoms with Crippen molar-refractivity contribution in [3.63, 3.8) is 0 Å². The van der Waals surface area contributed by atoms with Gasteiger partial charge >= 0.3 is 0 Å². The van der Waals surface area contributed by atoms with Crippen molar-refractivity contribution >= 4 is 11.6 Å². The maximum Gasteiger partial charge on any atom is 0.238 e. The van der Waals surface area contributed by atoms with E-state index in [9.17, 15) is 4.79 Å². The quantitative estimate of drug-likeness (QED) is 0.909. The summed E-state index contributed by atoms with van der Waals surface area (Å²) in [5.74, 6) is 0.838. The minimum Gasteiger partial charge on any atom is -0.423 e. The van der Waals surface area contributed by atoms with Gasteiger partial charge in [0.25, 0.3) is 0 Å². The van der Waals surface area contributed by atoms with Gasteiger partial charge < -0.3 is 14.6 Å². The molecule has 0 fully saturated rings. The Balaban J connectivity index is 1.92. The normalized spacial score (nSPS) is 12.0. The zero-order valence-electron chi connectivity index (χ0n) is 12.8. The van der Waals surface area contributed by atoms with E-state index < -0.39 is 0 Å². The number of anilines is 1. The highest BCUT2D eigenvalue weighted by Crippen LogP contribution is 2.14. The molecule has 2 rings (SSSR count). The molecular weight excluding hydrogens is 268 g/mol. The number of hydrogen-bond acceptors (Lipinski definition) is 5. The number of amides is 1. The smallest absolute Gasteiger partial charge is 0.238 e. The number of nitrogens with zero attached hydrogens (tertiary/aromatic N) is 3. The van der Waals surface area contributed by atoms with Crippen molar-refractivity contribution in [3.8, 4) is 0 Å². The van der Waals surface area contributed by atoms with Crippen LogP contribution < -0.4 is 10.2 Å². The van der Waals surface area contributed by atoms with Crippen LogP contribution in [0.5, 0.6) is 0 Å². The average Bonchev–Trinajstić information content (AvgIpc) is 2.86. The third-order valence-electron chi connectivity index (χ3n) is 3.11. The lowest BCUT2D eigenvalue weighted by atomic mass is 10.1. The van der Waals surface area contributed by atoms with Crippen LogP contribution in [0.25, 0.3) is 0 Å².